The van der Waals surface area contributed by atoms with E-state index in [1.807, 2.05) is 13.8 Å². The van der Waals surface area contributed by atoms with E-state index in [0.717, 1.165) is 0 Å². The molecule has 5 nitrogen and oxygen atoms in total. The van der Waals surface area contributed by atoms with Crippen LogP contribution < -0.4 is 18.9 Å². The number of carbonyl (C=O) groups excluding carboxylic acids is 1. The Labute approximate surface area is 174 Å². The summed E-state index contributed by atoms with van der Waals surface area (Å²) in [6.07, 6.45) is 1.50. The van der Waals surface area contributed by atoms with Crippen molar-refractivity contribution in [1.82, 2.24) is 0 Å². The largest absolute Gasteiger partial charge is 0.489 e. The minimum Gasteiger partial charge on any atom is -0.489 e. The quantitative estimate of drug-likeness (QED) is 0.472. The van der Waals surface area contributed by atoms with E-state index in [1.54, 1.807) is 48.5 Å². The molecule has 0 aromatic heterocycles. The first-order valence-corrected chi connectivity index (χ1v) is 9.44. The van der Waals surface area contributed by atoms with Crippen LogP contribution in [0.4, 0.5) is 0 Å². The highest BCUT2D eigenvalue weighted by Crippen LogP contribution is 2.36. The molecule has 0 aliphatic carbocycles. The smallest absolute Gasteiger partial charge is 0.169 e. The van der Waals surface area contributed by atoms with E-state index in [9.17, 15) is 4.79 Å². The Morgan fingerprint density at radius 1 is 0.964 bits per heavy atom. The Balaban J connectivity index is 2.12. The molecule has 0 saturated heterocycles. The van der Waals surface area contributed by atoms with E-state index in [-0.39, 0.29) is 29.6 Å². The third-order valence-electron chi connectivity index (χ3n) is 3.26. The zero-order valence-electron chi connectivity index (χ0n) is 15.9. The number of halogens is 2. The molecule has 0 heterocycles. The fourth-order valence-electron chi connectivity index (χ4n) is 2.13. The monoisotopic (exact) mass is 424 g/mol. The van der Waals surface area contributed by atoms with Crippen molar-refractivity contribution in [1.29, 1.82) is 0 Å². The standard InChI is InChI=1S/C21H22Cl2O5/c1-14(2)27-20-12-18(25-11-10-21(22)23)8-9-19(20)28-17-6-4-16(5-7-17)26-13-15(3)24/h4-10,12,14H,11,13H2,1-3H3. The van der Waals surface area contributed by atoms with Gasteiger partial charge in [-0.15, -0.1) is 0 Å². The molecule has 2 aromatic carbocycles. The van der Waals surface area contributed by atoms with Crippen molar-refractivity contribution in [2.45, 2.75) is 26.9 Å². The summed E-state index contributed by atoms with van der Waals surface area (Å²) in [6, 6.07) is 12.3. The molecular formula is C21H22Cl2O5. The lowest BCUT2D eigenvalue weighted by Gasteiger charge is -2.16. The second-order valence-electron chi connectivity index (χ2n) is 6.14. The van der Waals surface area contributed by atoms with E-state index < -0.39 is 0 Å². The van der Waals surface area contributed by atoms with E-state index in [0.29, 0.717) is 28.7 Å². The molecule has 0 radical (unpaired) electrons. The number of Topliss-reactive ketones (excluding diaryl/α,β-unsaturated/α-hetero) is 1. The molecule has 7 heteroatoms. The summed E-state index contributed by atoms with van der Waals surface area (Å²) in [7, 11) is 0. The molecule has 0 N–H and O–H groups in total. The van der Waals surface area contributed by atoms with E-state index in [4.69, 9.17) is 42.1 Å². The average Bonchev–Trinajstić information content (AvgIpc) is 2.62. The first-order chi connectivity index (χ1) is 13.3. The van der Waals surface area contributed by atoms with Crippen molar-refractivity contribution in [2.75, 3.05) is 13.2 Å². The van der Waals surface area contributed by atoms with Crippen LogP contribution in [0, 0.1) is 0 Å². The van der Waals surface area contributed by atoms with Gasteiger partial charge in [-0.1, -0.05) is 23.2 Å². The van der Waals surface area contributed by atoms with Gasteiger partial charge in [0.15, 0.2) is 17.3 Å². The average molecular weight is 425 g/mol. The van der Waals surface area contributed by atoms with Crippen LogP contribution >= 0.6 is 23.2 Å². The molecule has 150 valence electrons. The van der Waals surface area contributed by atoms with Gasteiger partial charge in [0.25, 0.3) is 0 Å². The Bertz CT molecular complexity index is 812. The van der Waals surface area contributed by atoms with Crippen LogP contribution in [-0.4, -0.2) is 25.1 Å². The predicted molar refractivity (Wildman–Crippen MR) is 110 cm³/mol. The van der Waals surface area contributed by atoms with Gasteiger partial charge in [0.2, 0.25) is 0 Å². The van der Waals surface area contributed by atoms with Crippen molar-refractivity contribution < 1.29 is 23.7 Å². The van der Waals surface area contributed by atoms with E-state index in [1.165, 1.54) is 6.92 Å². The molecule has 0 saturated carbocycles. The zero-order valence-corrected chi connectivity index (χ0v) is 17.4. The number of hydrogen-bond donors (Lipinski definition) is 0. The number of carbonyl (C=O) groups is 1. The maximum absolute atomic E-state index is 11.0. The first kappa shape index (κ1) is 21.9. The normalized spacial score (nSPS) is 10.4. The van der Waals surface area contributed by atoms with Crippen molar-refractivity contribution in [3.05, 3.63) is 53.0 Å². The summed E-state index contributed by atoms with van der Waals surface area (Å²) in [5, 5.41) is 0. The van der Waals surface area contributed by atoms with Gasteiger partial charge in [-0.3, -0.25) is 4.79 Å². The number of hydrogen-bond acceptors (Lipinski definition) is 5. The third kappa shape index (κ3) is 7.71. The first-order valence-electron chi connectivity index (χ1n) is 8.68. The van der Waals surface area contributed by atoms with Gasteiger partial charge >= 0.3 is 0 Å². The molecule has 0 aliphatic heterocycles. The third-order valence-corrected chi connectivity index (χ3v) is 3.57. The summed E-state index contributed by atoms with van der Waals surface area (Å²) >= 11 is 11.2. The van der Waals surface area contributed by atoms with Gasteiger partial charge in [0, 0.05) is 6.07 Å². The molecule has 0 fully saturated rings. The molecule has 2 aromatic rings. The van der Waals surface area contributed by atoms with Crippen molar-refractivity contribution in [3.63, 3.8) is 0 Å². The second kappa shape index (κ2) is 10.8. The van der Waals surface area contributed by atoms with Gasteiger partial charge in [-0.05, 0) is 63.2 Å². The Hall–Kier alpha value is -2.37. The molecule has 0 aliphatic rings. The molecule has 0 unspecified atom stereocenters. The van der Waals surface area contributed by atoms with Crippen LogP contribution in [0.3, 0.4) is 0 Å². The Morgan fingerprint density at radius 3 is 2.21 bits per heavy atom. The van der Waals surface area contributed by atoms with Gasteiger partial charge in [-0.2, -0.15) is 0 Å². The maximum atomic E-state index is 11.0. The minimum atomic E-state index is -0.0443. The highest BCUT2D eigenvalue weighted by atomic mass is 35.5. The van der Waals surface area contributed by atoms with Gasteiger partial charge in [-0.25, -0.2) is 0 Å². The lowest BCUT2D eigenvalue weighted by Crippen LogP contribution is -2.07. The molecule has 0 bridgehead atoms. The summed E-state index contributed by atoms with van der Waals surface area (Å²) in [5.41, 5.74) is 0. The molecule has 0 amide bonds. The fourth-order valence-corrected chi connectivity index (χ4v) is 2.25. The van der Waals surface area contributed by atoms with Gasteiger partial charge < -0.3 is 18.9 Å². The van der Waals surface area contributed by atoms with Crippen LogP contribution in [0.25, 0.3) is 0 Å². The summed E-state index contributed by atoms with van der Waals surface area (Å²) in [5.74, 6) is 2.85. The van der Waals surface area contributed by atoms with Gasteiger partial charge in [0.05, 0.1) is 6.10 Å². The van der Waals surface area contributed by atoms with Gasteiger partial charge in [0.1, 0.15) is 35.0 Å². The highest BCUT2D eigenvalue weighted by molar-refractivity contribution is 6.55. The highest BCUT2D eigenvalue weighted by Gasteiger charge is 2.11. The fraction of sp³-hybridized carbons (Fsp3) is 0.286. The molecule has 0 spiro atoms. The lowest BCUT2D eigenvalue weighted by atomic mass is 10.2. The molecular weight excluding hydrogens is 403 g/mol. The predicted octanol–water partition coefficient (Wildman–Crippen LogP) is 5.93. The van der Waals surface area contributed by atoms with E-state index in [2.05, 4.69) is 0 Å². The number of ether oxygens (including phenoxy) is 4. The van der Waals surface area contributed by atoms with E-state index >= 15 is 0 Å². The maximum Gasteiger partial charge on any atom is 0.169 e. The van der Waals surface area contributed by atoms with Crippen molar-refractivity contribution in [3.8, 4) is 28.7 Å². The molecule has 0 atom stereocenters. The SMILES string of the molecule is CC(=O)COc1ccc(Oc2ccc(OCC=C(Cl)Cl)cc2OC(C)C)cc1. The van der Waals surface area contributed by atoms with Crippen LogP contribution in [0.2, 0.25) is 0 Å². The second-order valence-corrected chi connectivity index (χ2v) is 7.15. The summed E-state index contributed by atoms with van der Waals surface area (Å²) < 4.78 is 22.8. The Morgan fingerprint density at radius 2 is 1.61 bits per heavy atom. The molecule has 28 heavy (non-hydrogen) atoms. The number of rotatable bonds is 10. The molecule has 2 rings (SSSR count). The topological polar surface area (TPSA) is 54.0 Å². The Kier molecular flexibility index (Phi) is 8.48. The van der Waals surface area contributed by atoms with Crippen molar-refractivity contribution >= 4 is 29.0 Å². The van der Waals surface area contributed by atoms with Crippen molar-refractivity contribution in [2.24, 2.45) is 0 Å². The number of ketones is 1. The van der Waals surface area contributed by atoms with Crippen LogP contribution in [0.15, 0.2) is 53.0 Å². The summed E-state index contributed by atoms with van der Waals surface area (Å²) in [4.78, 5) is 11.0. The summed E-state index contributed by atoms with van der Waals surface area (Å²) in [6.45, 7) is 5.61. The van der Waals surface area contributed by atoms with Crippen LogP contribution in [-0.2, 0) is 4.79 Å². The lowest BCUT2D eigenvalue weighted by molar-refractivity contribution is -0.118. The van der Waals surface area contributed by atoms with Crippen LogP contribution in [0.5, 0.6) is 28.7 Å². The zero-order chi connectivity index (χ0) is 20.5. The number of benzene rings is 2. The van der Waals surface area contributed by atoms with Crippen LogP contribution in [0.1, 0.15) is 20.8 Å². The minimum absolute atomic E-state index is 0.0398.